The van der Waals surface area contributed by atoms with Gasteiger partial charge < -0.3 is 20.4 Å². The van der Waals surface area contributed by atoms with Crippen molar-refractivity contribution in [3.05, 3.63) is 41.9 Å². The molecular formula is C15H20N4O2. The summed E-state index contributed by atoms with van der Waals surface area (Å²) < 4.78 is 0. The van der Waals surface area contributed by atoms with Gasteiger partial charge in [0.25, 0.3) is 0 Å². The van der Waals surface area contributed by atoms with Gasteiger partial charge >= 0.3 is 0 Å². The smallest absolute Gasteiger partial charge is 0.138 e. The van der Waals surface area contributed by atoms with Crippen LogP contribution in [0.3, 0.4) is 0 Å². The zero-order chi connectivity index (χ0) is 15.2. The SMILES string of the molecule is Cc1ccc(O)c(CNc2ccc(N(C)CCO)cn2)n1. The summed E-state index contributed by atoms with van der Waals surface area (Å²) in [6, 6.07) is 7.19. The van der Waals surface area contributed by atoms with Crippen LogP contribution in [0.15, 0.2) is 30.5 Å². The third-order valence-electron chi connectivity index (χ3n) is 3.15. The van der Waals surface area contributed by atoms with E-state index in [0.717, 1.165) is 11.4 Å². The average Bonchev–Trinajstić information content (AvgIpc) is 2.49. The lowest BCUT2D eigenvalue weighted by atomic mass is 10.3. The van der Waals surface area contributed by atoms with E-state index in [4.69, 9.17) is 5.11 Å². The van der Waals surface area contributed by atoms with Crippen LogP contribution >= 0.6 is 0 Å². The molecule has 0 radical (unpaired) electrons. The topological polar surface area (TPSA) is 81.5 Å². The number of hydrogen-bond acceptors (Lipinski definition) is 6. The first-order valence-electron chi connectivity index (χ1n) is 6.77. The maximum Gasteiger partial charge on any atom is 0.138 e. The number of aliphatic hydroxyl groups excluding tert-OH is 1. The van der Waals surface area contributed by atoms with E-state index in [1.807, 2.05) is 31.0 Å². The summed E-state index contributed by atoms with van der Waals surface area (Å²) in [5.41, 5.74) is 2.39. The quantitative estimate of drug-likeness (QED) is 0.748. The second-order valence-electron chi connectivity index (χ2n) is 4.82. The van der Waals surface area contributed by atoms with Crippen LogP contribution in [0.4, 0.5) is 11.5 Å². The number of likely N-dealkylation sites (N-methyl/N-ethyl adjacent to an activating group) is 1. The van der Waals surface area contributed by atoms with Gasteiger partial charge in [-0.15, -0.1) is 0 Å². The van der Waals surface area contributed by atoms with E-state index in [9.17, 15) is 5.11 Å². The van der Waals surface area contributed by atoms with Crippen LogP contribution in [0.2, 0.25) is 0 Å². The molecule has 21 heavy (non-hydrogen) atoms. The predicted octanol–water partition coefficient (Wildman–Crippen LogP) is 1.53. The second kappa shape index (κ2) is 6.90. The fourth-order valence-corrected chi connectivity index (χ4v) is 1.90. The second-order valence-corrected chi connectivity index (χ2v) is 4.82. The average molecular weight is 288 g/mol. The Labute approximate surface area is 124 Å². The number of pyridine rings is 2. The number of nitrogens with one attached hydrogen (secondary N) is 1. The van der Waals surface area contributed by atoms with Gasteiger partial charge in [0.2, 0.25) is 0 Å². The number of aromatic nitrogens is 2. The Morgan fingerprint density at radius 1 is 1.24 bits per heavy atom. The van der Waals surface area contributed by atoms with Crippen molar-refractivity contribution in [2.45, 2.75) is 13.5 Å². The van der Waals surface area contributed by atoms with Gasteiger partial charge in [-0.25, -0.2) is 4.98 Å². The Balaban J connectivity index is 1.99. The standard InChI is InChI=1S/C15H20N4O2/c1-11-3-5-14(21)13(18-11)10-17-15-6-4-12(9-16-15)19(2)7-8-20/h3-6,9,20-21H,7-8,10H2,1-2H3,(H,16,17). The number of nitrogens with zero attached hydrogens (tertiary/aromatic N) is 3. The van der Waals surface area contributed by atoms with Gasteiger partial charge in [-0.05, 0) is 31.2 Å². The highest BCUT2D eigenvalue weighted by Gasteiger charge is 2.04. The lowest BCUT2D eigenvalue weighted by Gasteiger charge is -2.17. The van der Waals surface area contributed by atoms with Crippen molar-refractivity contribution in [1.29, 1.82) is 0 Å². The molecule has 0 aliphatic carbocycles. The highest BCUT2D eigenvalue weighted by Crippen LogP contribution is 2.17. The first kappa shape index (κ1) is 15.1. The van der Waals surface area contributed by atoms with Crippen molar-refractivity contribution in [3.8, 4) is 5.75 Å². The largest absolute Gasteiger partial charge is 0.506 e. The van der Waals surface area contributed by atoms with Crippen molar-refractivity contribution < 1.29 is 10.2 Å². The van der Waals surface area contributed by atoms with Crippen LogP contribution < -0.4 is 10.2 Å². The van der Waals surface area contributed by atoms with Gasteiger partial charge in [0.15, 0.2) is 0 Å². The molecule has 0 saturated heterocycles. The Morgan fingerprint density at radius 2 is 2.05 bits per heavy atom. The van der Waals surface area contributed by atoms with Crippen molar-refractivity contribution >= 4 is 11.5 Å². The lowest BCUT2D eigenvalue weighted by molar-refractivity contribution is 0.304. The van der Waals surface area contributed by atoms with E-state index in [2.05, 4.69) is 15.3 Å². The molecule has 0 aliphatic rings. The number of hydrogen-bond donors (Lipinski definition) is 3. The first-order chi connectivity index (χ1) is 10.1. The molecule has 2 aromatic rings. The third kappa shape index (κ3) is 4.06. The molecular weight excluding hydrogens is 268 g/mol. The van der Waals surface area contributed by atoms with E-state index < -0.39 is 0 Å². The molecule has 6 nitrogen and oxygen atoms in total. The lowest BCUT2D eigenvalue weighted by Crippen LogP contribution is -2.21. The van der Waals surface area contributed by atoms with Gasteiger partial charge in [-0.1, -0.05) is 0 Å². The molecule has 0 aromatic carbocycles. The summed E-state index contributed by atoms with van der Waals surface area (Å²) in [5, 5.41) is 21.8. The zero-order valence-corrected chi connectivity index (χ0v) is 12.2. The molecule has 0 bridgehead atoms. The van der Waals surface area contributed by atoms with Crippen molar-refractivity contribution in [3.63, 3.8) is 0 Å². The third-order valence-corrected chi connectivity index (χ3v) is 3.15. The van der Waals surface area contributed by atoms with Crippen LogP contribution in [0.5, 0.6) is 5.75 Å². The van der Waals surface area contributed by atoms with Crippen LogP contribution in [-0.4, -0.2) is 40.4 Å². The van der Waals surface area contributed by atoms with Gasteiger partial charge in [0, 0.05) is 19.3 Å². The number of aromatic hydroxyl groups is 1. The maximum absolute atomic E-state index is 9.74. The zero-order valence-electron chi connectivity index (χ0n) is 12.2. The minimum atomic E-state index is 0.106. The fraction of sp³-hybridized carbons (Fsp3) is 0.333. The summed E-state index contributed by atoms with van der Waals surface area (Å²) in [5.74, 6) is 0.881. The Morgan fingerprint density at radius 3 is 2.71 bits per heavy atom. The van der Waals surface area contributed by atoms with E-state index >= 15 is 0 Å². The molecule has 0 amide bonds. The maximum atomic E-state index is 9.74. The molecule has 0 spiro atoms. The number of anilines is 2. The Kier molecular flexibility index (Phi) is 4.94. The summed E-state index contributed by atoms with van der Waals surface area (Å²) in [6.45, 7) is 2.96. The van der Waals surface area contributed by atoms with Crippen LogP contribution in [0, 0.1) is 6.92 Å². The van der Waals surface area contributed by atoms with Gasteiger partial charge in [-0.3, -0.25) is 4.98 Å². The molecule has 2 heterocycles. The van der Waals surface area contributed by atoms with E-state index in [0.29, 0.717) is 24.6 Å². The van der Waals surface area contributed by atoms with Crippen molar-refractivity contribution in [2.24, 2.45) is 0 Å². The van der Waals surface area contributed by atoms with Gasteiger partial charge in [0.05, 0.1) is 25.0 Å². The molecule has 2 aromatic heterocycles. The molecule has 0 atom stereocenters. The van der Waals surface area contributed by atoms with Gasteiger partial charge in [-0.2, -0.15) is 0 Å². The minimum Gasteiger partial charge on any atom is -0.506 e. The molecule has 0 fully saturated rings. The van der Waals surface area contributed by atoms with Crippen LogP contribution in [-0.2, 0) is 6.54 Å². The summed E-state index contributed by atoms with van der Waals surface area (Å²) >= 11 is 0. The van der Waals surface area contributed by atoms with Crippen molar-refractivity contribution in [1.82, 2.24) is 9.97 Å². The number of aliphatic hydroxyl groups is 1. The highest BCUT2D eigenvalue weighted by atomic mass is 16.3. The highest BCUT2D eigenvalue weighted by molar-refractivity contribution is 5.49. The first-order valence-corrected chi connectivity index (χ1v) is 6.77. The van der Waals surface area contributed by atoms with Crippen LogP contribution in [0.25, 0.3) is 0 Å². The molecule has 0 saturated carbocycles. The van der Waals surface area contributed by atoms with E-state index in [-0.39, 0.29) is 12.4 Å². The monoisotopic (exact) mass is 288 g/mol. The van der Waals surface area contributed by atoms with Crippen LogP contribution in [0.1, 0.15) is 11.4 Å². The van der Waals surface area contributed by atoms with E-state index in [1.165, 1.54) is 0 Å². The molecule has 3 N–H and O–H groups in total. The molecule has 0 unspecified atom stereocenters. The van der Waals surface area contributed by atoms with Crippen molar-refractivity contribution in [2.75, 3.05) is 30.4 Å². The summed E-state index contributed by atoms with van der Waals surface area (Å²) in [4.78, 5) is 10.5. The predicted molar refractivity (Wildman–Crippen MR) is 82.6 cm³/mol. The molecule has 112 valence electrons. The van der Waals surface area contributed by atoms with E-state index in [1.54, 1.807) is 18.3 Å². The summed E-state index contributed by atoms with van der Waals surface area (Å²) in [7, 11) is 1.90. The summed E-state index contributed by atoms with van der Waals surface area (Å²) in [6.07, 6.45) is 1.74. The Bertz CT molecular complexity index is 587. The molecule has 0 aliphatic heterocycles. The Hall–Kier alpha value is -2.34. The number of rotatable bonds is 6. The number of aryl methyl sites for hydroxylation is 1. The normalized spacial score (nSPS) is 10.4. The minimum absolute atomic E-state index is 0.106. The molecule has 6 heteroatoms. The van der Waals surface area contributed by atoms with Gasteiger partial charge in [0.1, 0.15) is 17.3 Å². The fourth-order valence-electron chi connectivity index (χ4n) is 1.90. The molecule has 2 rings (SSSR count).